The Kier molecular flexibility index (Phi) is 5.70. The monoisotopic (exact) mass is 356 g/mol. The Hall–Kier alpha value is -2.35. The van der Waals surface area contributed by atoms with Crippen molar-refractivity contribution >= 4 is 29.3 Å². The maximum atomic E-state index is 12.6. The molecule has 0 aliphatic carbocycles. The van der Waals surface area contributed by atoms with Crippen molar-refractivity contribution in [1.82, 2.24) is 10.9 Å². The summed E-state index contributed by atoms with van der Waals surface area (Å²) in [5.74, 6) is -0.330. The number of nitrogens with one attached hydrogen (secondary N) is 3. The number of hydrogen-bond acceptors (Lipinski definition) is 5. The normalized spacial score (nSPS) is 19.5. The minimum Gasteiger partial charge on any atom is -0.369 e. The fourth-order valence-corrected chi connectivity index (χ4v) is 3.44. The molecule has 25 heavy (non-hydrogen) atoms. The quantitative estimate of drug-likeness (QED) is 0.592. The highest BCUT2D eigenvalue weighted by Crippen LogP contribution is 2.28. The van der Waals surface area contributed by atoms with E-state index in [1.807, 2.05) is 54.6 Å². The van der Waals surface area contributed by atoms with Crippen LogP contribution in [-0.2, 0) is 9.59 Å². The molecule has 2 aromatic carbocycles. The van der Waals surface area contributed by atoms with Gasteiger partial charge in [-0.1, -0.05) is 42.5 Å². The van der Waals surface area contributed by atoms with Crippen molar-refractivity contribution in [3.8, 4) is 0 Å². The minimum atomic E-state index is -0.390. The van der Waals surface area contributed by atoms with E-state index in [4.69, 9.17) is 5.73 Å². The smallest absolute Gasteiger partial charge is 0.242 e. The van der Waals surface area contributed by atoms with Gasteiger partial charge in [-0.3, -0.25) is 9.59 Å². The van der Waals surface area contributed by atoms with Gasteiger partial charge in [-0.2, -0.15) is 0 Å². The fraction of sp³-hybridized carbons (Fsp3) is 0.222. The van der Waals surface area contributed by atoms with Gasteiger partial charge in [-0.25, -0.2) is 10.9 Å². The standard InChI is InChI=1S/C18H20N4O2S/c19-17(23)11-25-16-9-5-4-8-13(16)20-18(24)15-10-14(21-22-15)12-6-2-1-3-7-12/h1-9,14-15,21-22H,10-11H2,(H2,19,23)(H,20,24). The van der Waals surface area contributed by atoms with E-state index in [0.29, 0.717) is 12.1 Å². The summed E-state index contributed by atoms with van der Waals surface area (Å²) in [6.45, 7) is 0. The van der Waals surface area contributed by atoms with Gasteiger partial charge in [0.05, 0.1) is 11.4 Å². The first-order chi connectivity index (χ1) is 12.1. The van der Waals surface area contributed by atoms with Crippen LogP contribution in [0.25, 0.3) is 0 Å². The van der Waals surface area contributed by atoms with Crippen LogP contribution < -0.4 is 21.9 Å². The second kappa shape index (κ2) is 8.15. The van der Waals surface area contributed by atoms with Crippen LogP contribution in [0.3, 0.4) is 0 Å². The lowest BCUT2D eigenvalue weighted by Crippen LogP contribution is -2.39. The van der Waals surface area contributed by atoms with Crippen molar-refractivity contribution < 1.29 is 9.59 Å². The van der Waals surface area contributed by atoms with Crippen LogP contribution in [-0.4, -0.2) is 23.6 Å². The second-order valence-electron chi connectivity index (χ2n) is 5.78. The van der Waals surface area contributed by atoms with Gasteiger partial charge in [0.15, 0.2) is 0 Å². The number of carbonyl (C=O) groups excluding carboxylic acids is 2. The van der Waals surface area contributed by atoms with Crippen LogP contribution in [0.15, 0.2) is 59.5 Å². The summed E-state index contributed by atoms with van der Waals surface area (Å²) in [4.78, 5) is 24.4. The zero-order chi connectivity index (χ0) is 17.6. The van der Waals surface area contributed by atoms with Crippen molar-refractivity contribution in [3.63, 3.8) is 0 Å². The number of carbonyl (C=O) groups is 2. The van der Waals surface area contributed by atoms with Crippen LogP contribution in [0.1, 0.15) is 18.0 Å². The summed E-state index contributed by atoms with van der Waals surface area (Å²) in [5.41, 5.74) is 13.2. The van der Waals surface area contributed by atoms with Gasteiger partial charge in [0.25, 0.3) is 0 Å². The SMILES string of the molecule is NC(=O)CSc1ccccc1NC(=O)C1CC(c2ccccc2)NN1. The van der Waals surface area contributed by atoms with Crippen molar-refractivity contribution in [1.29, 1.82) is 0 Å². The molecule has 7 heteroatoms. The van der Waals surface area contributed by atoms with Gasteiger partial charge in [-0.15, -0.1) is 11.8 Å². The maximum absolute atomic E-state index is 12.6. The number of amides is 2. The van der Waals surface area contributed by atoms with E-state index in [2.05, 4.69) is 16.2 Å². The first kappa shape index (κ1) is 17.5. The van der Waals surface area contributed by atoms with E-state index in [0.717, 1.165) is 10.5 Å². The molecule has 2 atom stereocenters. The Labute approximate surface area is 150 Å². The van der Waals surface area contributed by atoms with Crippen LogP contribution in [0.5, 0.6) is 0 Å². The highest BCUT2D eigenvalue weighted by atomic mass is 32.2. The molecular formula is C18H20N4O2S. The summed E-state index contributed by atoms with van der Waals surface area (Å²) >= 11 is 1.31. The highest BCUT2D eigenvalue weighted by molar-refractivity contribution is 8.00. The molecule has 1 aliphatic heterocycles. The summed E-state index contributed by atoms with van der Waals surface area (Å²) in [5, 5.41) is 2.93. The lowest BCUT2D eigenvalue weighted by atomic mass is 10.0. The molecule has 1 fully saturated rings. The predicted molar refractivity (Wildman–Crippen MR) is 98.8 cm³/mol. The highest BCUT2D eigenvalue weighted by Gasteiger charge is 2.30. The van der Waals surface area contributed by atoms with E-state index >= 15 is 0 Å². The third-order valence-electron chi connectivity index (χ3n) is 3.94. The van der Waals surface area contributed by atoms with Gasteiger partial charge in [0.1, 0.15) is 6.04 Å². The van der Waals surface area contributed by atoms with Crippen LogP contribution >= 0.6 is 11.8 Å². The molecule has 2 unspecified atom stereocenters. The molecule has 0 bridgehead atoms. The van der Waals surface area contributed by atoms with Gasteiger partial charge in [0, 0.05) is 10.9 Å². The number of primary amides is 1. The van der Waals surface area contributed by atoms with Crippen molar-refractivity contribution in [2.24, 2.45) is 5.73 Å². The molecule has 0 spiro atoms. The maximum Gasteiger partial charge on any atom is 0.242 e. The molecule has 130 valence electrons. The number of benzene rings is 2. The Bertz CT molecular complexity index is 754. The van der Waals surface area contributed by atoms with E-state index in [1.54, 1.807) is 0 Å². The average Bonchev–Trinajstić information content (AvgIpc) is 3.12. The Morgan fingerprint density at radius 1 is 1.08 bits per heavy atom. The van der Waals surface area contributed by atoms with Crippen molar-refractivity contribution in [2.75, 3.05) is 11.1 Å². The zero-order valence-corrected chi connectivity index (χ0v) is 14.4. The molecular weight excluding hydrogens is 336 g/mol. The van der Waals surface area contributed by atoms with Gasteiger partial charge in [-0.05, 0) is 24.1 Å². The van der Waals surface area contributed by atoms with E-state index in [-0.39, 0.29) is 23.7 Å². The Balaban J connectivity index is 1.62. The summed E-state index contributed by atoms with van der Waals surface area (Å²) in [7, 11) is 0. The molecule has 1 aliphatic rings. The molecule has 2 amide bonds. The topological polar surface area (TPSA) is 96.2 Å². The molecule has 6 nitrogen and oxygen atoms in total. The Morgan fingerprint density at radius 3 is 2.56 bits per heavy atom. The number of rotatable bonds is 6. The van der Waals surface area contributed by atoms with Gasteiger partial charge >= 0.3 is 0 Å². The van der Waals surface area contributed by atoms with Crippen LogP contribution in [0.4, 0.5) is 5.69 Å². The second-order valence-corrected chi connectivity index (χ2v) is 6.80. The van der Waals surface area contributed by atoms with E-state index in [1.165, 1.54) is 11.8 Å². The molecule has 0 saturated carbocycles. The predicted octanol–water partition coefficient (Wildman–Crippen LogP) is 1.81. The average molecular weight is 356 g/mol. The van der Waals surface area contributed by atoms with Crippen LogP contribution in [0.2, 0.25) is 0 Å². The van der Waals surface area contributed by atoms with Gasteiger partial charge < -0.3 is 11.1 Å². The van der Waals surface area contributed by atoms with Gasteiger partial charge in [0.2, 0.25) is 11.8 Å². The summed E-state index contributed by atoms with van der Waals surface area (Å²) in [6, 6.07) is 17.1. The van der Waals surface area contributed by atoms with Crippen molar-refractivity contribution in [2.45, 2.75) is 23.4 Å². The molecule has 1 saturated heterocycles. The summed E-state index contributed by atoms with van der Waals surface area (Å²) in [6.07, 6.45) is 0.659. The molecule has 3 rings (SSSR count). The molecule has 0 aromatic heterocycles. The first-order valence-corrected chi connectivity index (χ1v) is 8.99. The zero-order valence-electron chi connectivity index (χ0n) is 13.6. The van der Waals surface area contributed by atoms with Crippen LogP contribution in [0, 0.1) is 0 Å². The third-order valence-corrected chi connectivity index (χ3v) is 5.03. The minimum absolute atomic E-state index is 0.0939. The molecule has 5 N–H and O–H groups in total. The largest absolute Gasteiger partial charge is 0.369 e. The van der Waals surface area contributed by atoms with E-state index in [9.17, 15) is 9.59 Å². The Morgan fingerprint density at radius 2 is 1.80 bits per heavy atom. The number of hydrogen-bond donors (Lipinski definition) is 4. The summed E-state index contributed by atoms with van der Waals surface area (Å²) < 4.78 is 0. The number of thioether (sulfide) groups is 1. The molecule has 0 radical (unpaired) electrons. The lowest BCUT2D eigenvalue weighted by Gasteiger charge is -2.13. The number of para-hydroxylation sites is 1. The van der Waals surface area contributed by atoms with E-state index < -0.39 is 5.91 Å². The number of nitrogens with two attached hydrogens (primary N) is 1. The molecule has 2 aromatic rings. The first-order valence-electron chi connectivity index (χ1n) is 8.00. The van der Waals surface area contributed by atoms with Crippen molar-refractivity contribution in [3.05, 3.63) is 60.2 Å². The number of hydrazine groups is 1. The lowest BCUT2D eigenvalue weighted by molar-refractivity contribution is -0.118. The third kappa shape index (κ3) is 4.60. The number of anilines is 1. The fourth-order valence-electron chi connectivity index (χ4n) is 2.70. The molecule has 1 heterocycles.